The van der Waals surface area contributed by atoms with Gasteiger partial charge in [-0.25, -0.2) is 0 Å². The second kappa shape index (κ2) is 12.1. The Morgan fingerprint density at radius 1 is 1.20 bits per heavy atom. The molecule has 0 heterocycles. The van der Waals surface area contributed by atoms with Crippen LogP contribution in [0.15, 0.2) is 0 Å². The molecule has 0 aromatic rings. The van der Waals surface area contributed by atoms with Crippen molar-refractivity contribution in [1.82, 2.24) is 0 Å². The van der Waals surface area contributed by atoms with E-state index in [1.807, 2.05) is 0 Å². The fourth-order valence-electron chi connectivity index (χ4n) is 0.612. The quantitative estimate of drug-likeness (QED) is 0.486. The molecule has 4 heteroatoms. The molecular formula is C6H15O2PS. The van der Waals surface area contributed by atoms with Gasteiger partial charge in [0.2, 0.25) is 0 Å². The summed E-state index contributed by atoms with van der Waals surface area (Å²) < 4.78 is 8.35. The highest BCUT2D eigenvalue weighted by Crippen LogP contribution is 1.92. The van der Waals surface area contributed by atoms with E-state index in [4.69, 9.17) is 9.46 Å². The van der Waals surface area contributed by atoms with E-state index in [9.17, 15) is 0 Å². The Labute approximate surface area is 67.7 Å². The topological polar surface area (TPSA) is 40.1 Å². The molecule has 0 aliphatic carbocycles. The monoisotopic (exact) mass is 182 g/mol. The van der Waals surface area contributed by atoms with Crippen LogP contribution < -0.4 is 4.89 Å². The molecule has 0 bridgehead atoms. The molecule has 0 radical (unpaired) electrons. The van der Waals surface area contributed by atoms with E-state index < -0.39 is 8.69 Å². The highest BCUT2D eigenvalue weighted by molar-refractivity contribution is 7.96. The van der Waals surface area contributed by atoms with E-state index >= 15 is 0 Å². The number of hydrogen-bond acceptors (Lipinski definition) is 2. The summed E-state index contributed by atoms with van der Waals surface area (Å²) in [6.45, 7) is 6.82. The zero-order chi connectivity index (χ0) is 8.41. The second-order valence-electron chi connectivity index (χ2n) is 1.55. The lowest BCUT2D eigenvalue weighted by Crippen LogP contribution is -2.09. The van der Waals surface area contributed by atoms with E-state index in [1.165, 1.54) is 17.3 Å². The van der Waals surface area contributed by atoms with Crippen molar-refractivity contribution in [2.45, 2.75) is 20.8 Å². The Morgan fingerprint density at radius 3 is 1.40 bits per heavy atom. The van der Waals surface area contributed by atoms with Crippen molar-refractivity contribution in [3.05, 3.63) is 0 Å². The Morgan fingerprint density at radius 2 is 1.40 bits per heavy atom. The first-order valence-corrected chi connectivity index (χ1v) is 5.81. The molecule has 0 aliphatic rings. The molecule has 0 saturated heterocycles. The molecule has 10 heavy (non-hydrogen) atoms. The van der Waals surface area contributed by atoms with Crippen molar-refractivity contribution in [2.24, 2.45) is 0 Å². The zero-order valence-corrected chi connectivity index (χ0v) is 8.50. The van der Waals surface area contributed by atoms with Crippen molar-refractivity contribution < 1.29 is 9.46 Å². The largest absolute Gasteiger partial charge is 0.772 e. The molecule has 0 amide bonds. The van der Waals surface area contributed by atoms with Gasteiger partial charge < -0.3 is 4.89 Å². The molecule has 0 aromatic heterocycles. The average Bonchev–Trinajstić information content (AvgIpc) is 1.93. The van der Waals surface area contributed by atoms with Crippen LogP contribution in [-0.2, 0) is 15.5 Å². The van der Waals surface area contributed by atoms with Gasteiger partial charge in [-0.15, -0.1) is 0 Å². The molecule has 2 nitrogen and oxygen atoms in total. The third-order valence-electron chi connectivity index (χ3n) is 1.22. The van der Waals surface area contributed by atoms with Crippen LogP contribution >= 0.6 is 8.69 Å². The van der Waals surface area contributed by atoms with Gasteiger partial charge in [-0.05, 0) is 31.7 Å². The third-order valence-corrected chi connectivity index (χ3v) is 3.67. The first-order chi connectivity index (χ1) is 4.76. The molecule has 0 aromatic carbocycles. The van der Waals surface area contributed by atoms with Gasteiger partial charge in [0.25, 0.3) is 0 Å². The Hall–Kier alpha value is 0.410. The Balaban J connectivity index is 0. The summed E-state index contributed by atoms with van der Waals surface area (Å²) in [5, 5.41) is 0. The van der Waals surface area contributed by atoms with Gasteiger partial charge in [0, 0.05) is 0 Å². The molecule has 0 saturated carbocycles. The maximum absolute atomic E-state index is 8.35. The van der Waals surface area contributed by atoms with Gasteiger partial charge in [-0.3, -0.25) is 4.57 Å². The van der Waals surface area contributed by atoms with E-state index in [0.717, 1.165) is 10.9 Å². The lowest BCUT2D eigenvalue weighted by atomic mass is 10.9. The summed E-state index contributed by atoms with van der Waals surface area (Å²) in [5.41, 5.74) is 0. The normalized spacial score (nSPS) is 9.30. The van der Waals surface area contributed by atoms with Crippen molar-refractivity contribution in [1.29, 1.82) is 0 Å². The van der Waals surface area contributed by atoms with Gasteiger partial charge in [0.05, 0.1) is 8.69 Å². The molecular weight excluding hydrogens is 167 g/mol. The van der Waals surface area contributed by atoms with Crippen LogP contribution in [0.3, 0.4) is 0 Å². The van der Waals surface area contributed by atoms with E-state index in [-0.39, 0.29) is 0 Å². The molecule has 62 valence electrons. The van der Waals surface area contributed by atoms with Crippen molar-refractivity contribution in [3.63, 3.8) is 0 Å². The maximum Gasteiger partial charge on any atom is 0.105 e. The average molecular weight is 182 g/mol. The minimum absolute atomic E-state index is 0.755. The van der Waals surface area contributed by atoms with Crippen LogP contribution in [0, 0.1) is 0 Å². The van der Waals surface area contributed by atoms with Gasteiger partial charge in [0.15, 0.2) is 0 Å². The zero-order valence-electron chi connectivity index (χ0n) is 6.79. The number of rotatable bonds is 3. The summed E-state index contributed by atoms with van der Waals surface area (Å²) in [6, 6.07) is 0. The van der Waals surface area contributed by atoms with Crippen molar-refractivity contribution in [2.75, 3.05) is 17.3 Å². The fourth-order valence-corrected chi connectivity index (χ4v) is 1.84. The molecule has 0 N–H and O–H groups in total. The molecule has 0 fully saturated rings. The van der Waals surface area contributed by atoms with Gasteiger partial charge in [-0.1, -0.05) is 0 Å². The lowest BCUT2D eigenvalue weighted by molar-refractivity contribution is -0.154. The second-order valence-corrected chi connectivity index (χ2v) is 4.66. The van der Waals surface area contributed by atoms with E-state index in [0.29, 0.717) is 0 Å². The Bertz CT molecular complexity index is 61.3. The van der Waals surface area contributed by atoms with E-state index in [2.05, 4.69) is 20.8 Å². The first kappa shape index (κ1) is 13.0. The molecule has 0 spiro atoms. The summed E-state index contributed by atoms with van der Waals surface area (Å²) in [4.78, 5) is 8.35. The van der Waals surface area contributed by atoms with Crippen LogP contribution in [0.5, 0.6) is 0 Å². The van der Waals surface area contributed by atoms with Gasteiger partial charge >= 0.3 is 0 Å². The van der Waals surface area contributed by atoms with Crippen LogP contribution in [0.2, 0.25) is 0 Å². The summed E-state index contributed by atoms with van der Waals surface area (Å²) >= 11 is 0. The van der Waals surface area contributed by atoms with Crippen molar-refractivity contribution in [3.8, 4) is 0 Å². The smallest absolute Gasteiger partial charge is 0.105 e. The van der Waals surface area contributed by atoms with Gasteiger partial charge in [-0.2, -0.15) is 0 Å². The summed E-state index contributed by atoms with van der Waals surface area (Å²) in [7, 11) is -0.329. The highest BCUT2D eigenvalue weighted by atomic mass is 32.2. The summed E-state index contributed by atoms with van der Waals surface area (Å²) in [6.07, 6.45) is 0. The predicted octanol–water partition coefficient (Wildman–Crippen LogP) is 1.22. The van der Waals surface area contributed by atoms with Crippen LogP contribution in [0.1, 0.15) is 20.8 Å². The lowest BCUT2D eigenvalue weighted by Gasteiger charge is -1.96. The fraction of sp³-hybridized carbons (Fsp3) is 1.00. The molecule has 0 aliphatic heterocycles. The summed E-state index contributed by atoms with van der Waals surface area (Å²) in [5.74, 6) is 4.15. The van der Waals surface area contributed by atoms with Gasteiger partial charge in [0.1, 0.15) is 17.3 Å². The minimum atomic E-state index is -1.08. The molecule has 0 rings (SSSR count). The van der Waals surface area contributed by atoms with Crippen LogP contribution in [0.4, 0.5) is 0 Å². The SMILES string of the molecule is CC[S+](CC)CC.O=P[O-]. The van der Waals surface area contributed by atoms with Crippen LogP contribution in [-0.4, -0.2) is 17.3 Å². The minimum Gasteiger partial charge on any atom is -0.772 e. The molecule has 0 atom stereocenters. The maximum atomic E-state index is 8.35. The standard InChI is InChI=1S/C6H15S.HO2P/c1-4-7(5-2)6-3;1-3-2/h4-6H2,1-3H3;(H,1,2)/q+1;/p-1. The predicted molar refractivity (Wildman–Crippen MR) is 46.6 cm³/mol. The first-order valence-electron chi connectivity index (χ1n) is 3.35. The molecule has 0 unspecified atom stereocenters. The van der Waals surface area contributed by atoms with Crippen LogP contribution in [0.25, 0.3) is 0 Å². The third kappa shape index (κ3) is 11.2. The number of hydrogen-bond donors (Lipinski definition) is 0. The van der Waals surface area contributed by atoms with E-state index in [1.54, 1.807) is 0 Å². The van der Waals surface area contributed by atoms with Crippen molar-refractivity contribution >= 4 is 19.6 Å². The highest BCUT2D eigenvalue weighted by Gasteiger charge is 2.05. The Kier molecular flexibility index (Phi) is 15.8.